The lowest BCUT2D eigenvalue weighted by Crippen LogP contribution is -2.46. The average molecular weight is 257 g/mol. The van der Waals surface area contributed by atoms with Crippen molar-refractivity contribution < 1.29 is 25.2 Å². The van der Waals surface area contributed by atoms with Gasteiger partial charge in [-0.25, -0.2) is 0 Å². The fourth-order valence-electron chi connectivity index (χ4n) is 1.88. The number of aliphatic hydroxyl groups is 4. The second kappa shape index (κ2) is 5.62. The summed E-state index contributed by atoms with van der Waals surface area (Å²) < 4.78 is 0. The van der Waals surface area contributed by atoms with Crippen LogP contribution in [0, 0.1) is 0 Å². The molecule has 1 rings (SSSR count). The Morgan fingerprint density at radius 1 is 1.17 bits per heavy atom. The molecule has 4 N–H and O–H groups in total. The summed E-state index contributed by atoms with van der Waals surface area (Å²) in [4.78, 5) is 13.1. The highest BCUT2D eigenvalue weighted by atomic mass is 16.5. The van der Waals surface area contributed by atoms with E-state index < -0.39 is 5.79 Å². The van der Waals surface area contributed by atoms with E-state index in [2.05, 4.69) is 0 Å². The molecular weight excluding hydrogens is 238 g/mol. The van der Waals surface area contributed by atoms with Crippen LogP contribution in [-0.2, 0) is 4.79 Å². The number of hydrogen-bond acceptors (Lipinski definition) is 6. The number of nitrogens with zero attached hydrogens (tertiary/aromatic N) is 1. The van der Waals surface area contributed by atoms with Crippen molar-refractivity contribution >= 4 is 5.78 Å². The third-order valence-corrected chi connectivity index (χ3v) is 3.16. The second-order valence-corrected chi connectivity index (χ2v) is 4.25. The van der Waals surface area contributed by atoms with Gasteiger partial charge in [0, 0.05) is 24.7 Å². The maximum atomic E-state index is 11.7. The Morgan fingerprint density at radius 2 is 1.67 bits per heavy atom. The molecule has 0 atom stereocenters. The fourth-order valence-corrected chi connectivity index (χ4v) is 1.88. The predicted octanol–water partition coefficient (Wildman–Crippen LogP) is -1.24. The second-order valence-electron chi connectivity index (χ2n) is 4.25. The first-order chi connectivity index (χ1) is 8.36. The summed E-state index contributed by atoms with van der Waals surface area (Å²) in [5.74, 6) is -2.55. The van der Waals surface area contributed by atoms with Gasteiger partial charge < -0.3 is 25.3 Å². The van der Waals surface area contributed by atoms with Crippen molar-refractivity contribution in [2.24, 2.45) is 0 Å². The summed E-state index contributed by atoms with van der Waals surface area (Å²) in [5, 5.41) is 38.0. The average Bonchev–Trinajstić information content (AvgIpc) is 2.31. The van der Waals surface area contributed by atoms with Crippen LogP contribution in [0.15, 0.2) is 22.9 Å². The van der Waals surface area contributed by atoms with Crippen molar-refractivity contribution in [3.05, 3.63) is 22.9 Å². The zero-order valence-electron chi connectivity index (χ0n) is 10.6. The van der Waals surface area contributed by atoms with Crippen molar-refractivity contribution in [3.63, 3.8) is 0 Å². The number of aliphatic hydroxyl groups excluding tert-OH is 2. The molecule has 102 valence electrons. The first-order valence-corrected chi connectivity index (χ1v) is 5.72. The molecule has 0 bridgehead atoms. The number of carbonyl (C=O) groups is 1. The summed E-state index contributed by atoms with van der Waals surface area (Å²) in [6.07, 6.45) is 1.13. The van der Waals surface area contributed by atoms with Gasteiger partial charge >= 0.3 is 0 Å². The van der Waals surface area contributed by atoms with Gasteiger partial charge in [0.1, 0.15) is 0 Å². The van der Waals surface area contributed by atoms with Gasteiger partial charge in [-0.3, -0.25) is 4.79 Å². The van der Waals surface area contributed by atoms with Gasteiger partial charge in [-0.05, 0) is 19.4 Å². The van der Waals surface area contributed by atoms with E-state index in [1.165, 1.54) is 18.7 Å². The monoisotopic (exact) mass is 257 g/mol. The van der Waals surface area contributed by atoms with Crippen molar-refractivity contribution in [2.75, 3.05) is 26.3 Å². The molecule has 0 radical (unpaired) electrons. The van der Waals surface area contributed by atoms with E-state index in [1.54, 1.807) is 0 Å². The van der Waals surface area contributed by atoms with E-state index in [-0.39, 0.29) is 48.9 Å². The van der Waals surface area contributed by atoms with Crippen LogP contribution >= 0.6 is 0 Å². The van der Waals surface area contributed by atoms with E-state index in [0.717, 1.165) is 6.08 Å². The summed E-state index contributed by atoms with van der Waals surface area (Å²) >= 11 is 0. The third kappa shape index (κ3) is 2.62. The van der Waals surface area contributed by atoms with Crippen LogP contribution in [0.4, 0.5) is 0 Å². The Hall–Kier alpha value is -1.21. The van der Waals surface area contributed by atoms with Crippen LogP contribution in [0.3, 0.4) is 0 Å². The number of allylic oxidation sites excluding steroid dienone is 2. The molecule has 0 amide bonds. The van der Waals surface area contributed by atoms with E-state index >= 15 is 0 Å². The molecule has 0 unspecified atom stereocenters. The molecule has 0 aromatic heterocycles. The highest BCUT2D eigenvalue weighted by Gasteiger charge is 2.39. The lowest BCUT2D eigenvalue weighted by molar-refractivity contribution is -0.125. The molecule has 0 spiro atoms. The quantitative estimate of drug-likeness (QED) is 0.459. The van der Waals surface area contributed by atoms with Gasteiger partial charge in [0.15, 0.2) is 5.78 Å². The molecule has 1 aliphatic carbocycles. The van der Waals surface area contributed by atoms with E-state index in [1.807, 2.05) is 0 Å². The summed E-state index contributed by atoms with van der Waals surface area (Å²) in [6, 6.07) is 0. The first-order valence-electron chi connectivity index (χ1n) is 5.72. The van der Waals surface area contributed by atoms with Crippen molar-refractivity contribution in [1.29, 1.82) is 0 Å². The van der Waals surface area contributed by atoms with Gasteiger partial charge in [0.2, 0.25) is 5.79 Å². The van der Waals surface area contributed by atoms with Crippen LogP contribution in [0.25, 0.3) is 0 Å². The molecule has 1 aliphatic rings. The minimum absolute atomic E-state index is 0.0151. The molecule has 0 saturated carbocycles. The lowest BCUT2D eigenvalue weighted by Gasteiger charge is -2.37. The zero-order chi connectivity index (χ0) is 13.9. The maximum absolute atomic E-state index is 11.7. The minimum Gasteiger partial charge on any atom is -0.395 e. The number of ketones is 1. The van der Waals surface area contributed by atoms with Gasteiger partial charge in [-0.2, -0.15) is 0 Å². The molecule has 6 nitrogen and oxygen atoms in total. The highest BCUT2D eigenvalue weighted by Crippen LogP contribution is 2.32. The molecule has 0 heterocycles. The molecular formula is C12H19NO5. The van der Waals surface area contributed by atoms with Crippen LogP contribution < -0.4 is 0 Å². The van der Waals surface area contributed by atoms with Gasteiger partial charge in [0.25, 0.3) is 0 Å². The smallest absolute Gasteiger partial charge is 0.229 e. The topological polar surface area (TPSA) is 101 Å². The molecule has 18 heavy (non-hydrogen) atoms. The van der Waals surface area contributed by atoms with E-state index in [4.69, 9.17) is 10.2 Å². The molecule has 0 saturated heterocycles. The Bertz CT molecular complexity index is 391. The Kier molecular flexibility index (Phi) is 4.64. The summed E-state index contributed by atoms with van der Waals surface area (Å²) in [6.45, 7) is 2.77. The Labute approximate surface area is 105 Å². The number of carbonyl (C=O) groups excluding carboxylic acids is 1. The van der Waals surface area contributed by atoms with Crippen molar-refractivity contribution in [3.8, 4) is 0 Å². The fraction of sp³-hybridized carbons (Fsp3) is 0.583. The van der Waals surface area contributed by atoms with Crippen molar-refractivity contribution in [1.82, 2.24) is 4.90 Å². The maximum Gasteiger partial charge on any atom is 0.229 e. The Balaban J connectivity index is 3.14. The molecule has 0 aromatic carbocycles. The lowest BCUT2D eigenvalue weighted by atomic mass is 9.90. The van der Waals surface area contributed by atoms with Gasteiger partial charge in [-0.15, -0.1) is 0 Å². The minimum atomic E-state index is -2.25. The van der Waals surface area contributed by atoms with Crippen LogP contribution in [0.5, 0.6) is 0 Å². The van der Waals surface area contributed by atoms with Crippen LogP contribution in [0.2, 0.25) is 0 Å². The van der Waals surface area contributed by atoms with E-state index in [0.29, 0.717) is 0 Å². The number of rotatable bonds is 5. The zero-order valence-corrected chi connectivity index (χ0v) is 10.6. The molecule has 0 fully saturated rings. The van der Waals surface area contributed by atoms with Crippen LogP contribution in [-0.4, -0.2) is 63.2 Å². The summed E-state index contributed by atoms with van der Waals surface area (Å²) in [7, 11) is 0. The molecule has 0 aromatic rings. The summed E-state index contributed by atoms with van der Waals surface area (Å²) in [5.41, 5.74) is 0.432. The Morgan fingerprint density at radius 3 is 2.11 bits per heavy atom. The van der Waals surface area contributed by atoms with E-state index in [9.17, 15) is 15.0 Å². The van der Waals surface area contributed by atoms with Gasteiger partial charge in [0.05, 0.1) is 18.9 Å². The standard InChI is InChI=1S/C12H19NO5/c1-8-9(2)12(17,18)11(7-10(8)16)13(3-5-14)4-6-15/h7,14-15,17-18H,3-6H2,1-2H3. The SMILES string of the molecule is CC1=C(C)C(O)(O)C(N(CCO)CCO)=CC1=O. The molecule has 0 aliphatic heterocycles. The normalized spacial score (nSPS) is 19.0. The molecule has 6 heteroatoms. The van der Waals surface area contributed by atoms with Crippen LogP contribution in [0.1, 0.15) is 13.8 Å². The van der Waals surface area contributed by atoms with Crippen molar-refractivity contribution in [2.45, 2.75) is 19.6 Å². The first kappa shape index (κ1) is 14.8. The predicted molar refractivity (Wildman–Crippen MR) is 64.4 cm³/mol. The van der Waals surface area contributed by atoms with Gasteiger partial charge in [-0.1, -0.05) is 0 Å². The third-order valence-electron chi connectivity index (χ3n) is 3.16. The number of hydrogen-bond donors (Lipinski definition) is 4. The highest BCUT2D eigenvalue weighted by molar-refractivity contribution is 6.06. The largest absolute Gasteiger partial charge is 0.395 e.